The van der Waals surface area contributed by atoms with E-state index in [2.05, 4.69) is 97.1 Å². The Morgan fingerprint density at radius 2 is 1.20 bits per heavy atom. The molecule has 0 aliphatic carbocycles. The second kappa shape index (κ2) is 8.95. The van der Waals surface area contributed by atoms with Gasteiger partial charge in [0.1, 0.15) is 11.2 Å². The molecule has 0 unspecified atom stereocenters. The fourth-order valence-electron chi connectivity index (χ4n) is 5.96. The Balaban J connectivity index is 1.46. The van der Waals surface area contributed by atoms with Crippen LogP contribution in [0.15, 0.2) is 132 Å². The first-order valence-electron chi connectivity index (χ1n) is 13.2. The van der Waals surface area contributed by atoms with E-state index in [0.717, 1.165) is 49.8 Å². The van der Waals surface area contributed by atoms with Crippen molar-refractivity contribution in [2.24, 2.45) is 0 Å². The van der Waals surface area contributed by atoms with E-state index in [0.29, 0.717) is 5.56 Å². The number of fused-ring (bicyclic) bond motifs is 6. The van der Waals surface area contributed by atoms with E-state index in [1.165, 1.54) is 25.7 Å². The van der Waals surface area contributed by atoms with Crippen LogP contribution in [0.1, 0.15) is 5.56 Å². The van der Waals surface area contributed by atoms with Gasteiger partial charge in [0.15, 0.2) is 0 Å². The van der Waals surface area contributed by atoms with Crippen molar-refractivity contribution in [3.05, 3.63) is 133 Å². The lowest BCUT2D eigenvalue weighted by Gasteiger charge is -2.18. The standard InChI is InChI=1S/C37H21NOS/c38-22-24-9-1-2-10-26(24)36-25(23-19-20-34-32(21-23)27-11-3-5-17-33(27)39-34)13-7-14-29(36)31-16-8-15-30-28-12-4-6-18-35(28)40-37(30)31/h1-21H. The molecular weight excluding hydrogens is 506 g/mol. The molecule has 0 aliphatic heterocycles. The molecule has 0 N–H and O–H groups in total. The third-order valence-corrected chi connectivity index (χ3v) is 8.98. The van der Waals surface area contributed by atoms with Crippen LogP contribution in [0.5, 0.6) is 0 Å². The molecule has 2 aromatic heterocycles. The van der Waals surface area contributed by atoms with Gasteiger partial charge in [0.05, 0.1) is 11.6 Å². The summed E-state index contributed by atoms with van der Waals surface area (Å²) in [5.41, 5.74) is 8.90. The molecule has 6 aromatic carbocycles. The SMILES string of the molecule is N#Cc1ccccc1-c1c(-c2ccc3oc4ccccc4c3c2)cccc1-c1cccc2c1sc1ccccc12. The third-order valence-electron chi connectivity index (χ3n) is 7.76. The summed E-state index contributed by atoms with van der Waals surface area (Å²) in [6.45, 7) is 0. The second-order valence-electron chi connectivity index (χ2n) is 9.98. The molecule has 0 radical (unpaired) electrons. The number of thiophene rings is 1. The predicted octanol–water partition coefficient (Wildman–Crippen LogP) is 10.8. The average molecular weight is 528 g/mol. The summed E-state index contributed by atoms with van der Waals surface area (Å²) in [7, 11) is 0. The summed E-state index contributed by atoms with van der Waals surface area (Å²) in [5, 5.41) is 14.9. The van der Waals surface area contributed by atoms with Gasteiger partial charge in [-0.15, -0.1) is 11.3 Å². The summed E-state index contributed by atoms with van der Waals surface area (Å²) < 4.78 is 8.66. The Bertz CT molecular complexity index is 2300. The van der Waals surface area contributed by atoms with Crippen LogP contribution < -0.4 is 0 Å². The van der Waals surface area contributed by atoms with Gasteiger partial charge in [0, 0.05) is 42.1 Å². The Hall–Kier alpha value is -5.17. The molecule has 2 nitrogen and oxygen atoms in total. The number of hydrogen-bond donors (Lipinski definition) is 0. The maximum absolute atomic E-state index is 10.1. The van der Waals surface area contributed by atoms with Crippen molar-refractivity contribution in [3.63, 3.8) is 0 Å². The van der Waals surface area contributed by atoms with Gasteiger partial charge in [-0.1, -0.05) is 97.1 Å². The topological polar surface area (TPSA) is 36.9 Å². The molecule has 8 rings (SSSR count). The van der Waals surface area contributed by atoms with Crippen molar-refractivity contribution < 1.29 is 4.42 Å². The van der Waals surface area contributed by atoms with Crippen LogP contribution in [0.4, 0.5) is 0 Å². The Labute approximate surface area is 235 Å². The zero-order chi connectivity index (χ0) is 26.6. The Morgan fingerprint density at radius 1 is 0.525 bits per heavy atom. The molecule has 0 aliphatic rings. The highest BCUT2D eigenvalue weighted by Crippen LogP contribution is 2.46. The van der Waals surface area contributed by atoms with Crippen molar-refractivity contribution in [1.82, 2.24) is 0 Å². The van der Waals surface area contributed by atoms with Gasteiger partial charge in [-0.05, 0) is 52.6 Å². The van der Waals surface area contributed by atoms with Crippen LogP contribution in [-0.2, 0) is 0 Å². The van der Waals surface area contributed by atoms with Crippen molar-refractivity contribution in [2.45, 2.75) is 0 Å². The van der Waals surface area contributed by atoms with Crippen molar-refractivity contribution in [3.8, 4) is 39.4 Å². The average Bonchev–Trinajstić information content (AvgIpc) is 3.59. The van der Waals surface area contributed by atoms with Gasteiger partial charge < -0.3 is 4.42 Å². The number of hydrogen-bond acceptors (Lipinski definition) is 3. The van der Waals surface area contributed by atoms with Gasteiger partial charge in [-0.25, -0.2) is 0 Å². The molecule has 0 saturated heterocycles. The first-order chi connectivity index (χ1) is 19.8. The summed E-state index contributed by atoms with van der Waals surface area (Å²) in [4.78, 5) is 0. The van der Waals surface area contributed by atoms with E-state index < -0.39 is 0 Å². The van der Waals surface area contributed by atoms with E-state index >= 15 is 0 Å². The summed E-state index contributed by atoms with van der Waals surface area (Å²) >= 11 is 1.83. The van der Waals surface area contributed by atoms with Crippen LogP contribution in [0, 0.1) is 11.3 Å². The molecule has 0 amide bonds. The first-order valence-corrected chi connectivity index (χ1v) is 14.1. The van der Waals surface area contributed by atoms with Crippen LogP contribution in [-0.4, -0.2) is 0 Å². The van der Waals surface area contributed by atoms with Gasteiger partial charge in [0.2, 0.25) is 0 Å². The third kappa shape index (κ3) is 3.41. The van der Waals surface area contributed by atoms with E-state index in [4.69, 9.17) is 4.42 Å². The molecule has 40 heavy (non-hydrogen) atoms. The highest BCUT2D eigenvalue weighted by Gasteiger charge is 2.20. The maximum Gasteiger partial charge on any atom is 0.135 e. The van der Waals surface area contributed by atoms with Crippen LogP contribution in [0.25, 0.3) is 75.5 Å². The number of para-hydroxylation sites is 1. The monoisotopic (exact) mass is 527 g/mol. The normalized spacial score (nSPS) is 11.5. The minimum Gasteiger partial charge on any atom is -0.456 e. The number of nitrogens with zero attached hydrogens (tertiary/aromatic N) is 1. The van der Waals surface area contributed by atoms with Gasteiger partial charge in [-0.3, -0.25) is 0 Å². The van der Waals surface area contributed by atoms with Crippen molar-refractivity contribution in [1.29, 1.82) is 5.26 Å². The molecule has 0 bridgehead atoms. The smallest absolute Gasteiger partial charge is 0.135 e. The molecule has 3 heteroatoms. The fourth-order valence-corrected chi connectivity index (χ4v) is 7.19. The molecule has 186 valence electrons. The van der Waals surface area contributed by atoms with Crippen LogP contribution in [0.3, 0.4) is 0 Å². The lowest BCUT2D eigenvalue weighted by molar-refractivity contribution is 0.669. The number of nitriles is 1. The first kappa shape index (κ1) is 22.8. The number of rotatable bonds is 3. The van der Waals surface area contributed by atoms with Crippen LogP contribution in [0.2, 0.25) is 0 Å². The van der Waals surface area contributed by atoms with Crippen molar-refractivity contribution >= 4 is 53.4 Å². The molecule has 2 heterocycles. The Kier molecular flexibility index (Phi) is 5.10. The highest BCUT2D eigenvalue weighted by molar-refractivity contribution is 7.26. The zero-order valence-corrected chi connectivity index (χ0v) is 22.2. The maximum atomic E-state index is 10.1. The highest BCUT2D eigenvalue weighted by atomic mass is 32.1. The van der Waals surface area contributed by atoms with Crippen LogP contribution >= 0.6 is 11.3 Å². The molecule has 0 fully saturated rings. The summed E-state index contributed by atoms with van der Waals surface area (Å²) in [5.74, 6) is 0. The van der Waals surface area contributed by atoms with E-state index in [1.54, 1.807) is 0 Å². The number of furan rings is 1. The van der Waals surface area contributed by atoms with Gasteiger partial charge in [-0.2, -0.15) is 5.26 Å². The lowest BCUT2D eigenvalue weighted by Crippen LogP contribution is -1.93. The molecule has 0 atom stereocenters. The van der Waals surface area contributed by atoms with E-state index in [1.807, 2.05) is 47.7 Å². The molecule has 0 saturated carbocycles. The fraction of sp³-hybridized carbons (Fsp3) is 0. The molecule has 0 spiro atoms. The summed E-state index contributed by atoms with van der Waals surface area (Å²) in [6.07, 6.45) is 0. The molecular formula is C37H21NOS. The predicted molar refractivity (Wildman–Crippen MR) is 168 cm³/mol. The molecule has 8 aromatic rings. The number of benzene rings is 6. The van der Waals surface area contributed by atoms with E-state index in [-0.39, 0.29) is 0 Å². The zero-order valence-electron chi connectivity index (χ0n) is 21.4. The van der Waals surface area contributed by atoms with Crippen molar-refractivity contribution in [2.75, 3.05) is 0 Å². The minimum absolute atomic E-state index is 0.662. The minimum atomic E-state index is 0.662. The van der Waals surface area contributed by atoms with E-state index in [9.17, 15) is 5.26 Å². The van der Waals surface area contributed by atoms with Gasteiger partial charge >= 0.3 is 0 Å². The van der Waals surface area contributed by atoms with Gasteiger partial charge in [0.25, 0.3) is 0 Å². The summed E-state index contributed by atoms with van der Waals surface area (Å²) in [6, 6.07) is 46.6. The lowest BCUT2D eigenvalue weighted by atomic mass is 9.85. The Morgan fingerprint density at radius 3 is 2.12 bits per heavy atom. The quantitative estimate of drug-likeness (QED) is 0.229. The second-order valence-corrected chi connectivity index (χ2v) is 11.0. The largest absolute Gasteiger partial charge is 0.456 e.